The highest BCUT2D eigenvalue weighted by Gasteiger charge is 2.10. The number of hydrogen-bond acceptors (Lipinski definition) is 6. The summed E-state index contributed by atoms with van der Waals surface area (Å²) in [6.45, 7) is 3.00. The number of carboxylic acids is 2. The summed E-state index contributed by atoms with van der Waals surface area (Å²) in [7, 11) is 3.00. The smallest absolute Gasteiger partial charge is 0.356 e. The number of imidazole rings is 1. The molecule has 0 saturated heterocycles. The van der Waals surface area contributed by atoms with Gasteiger partial charge in [0, 0.05) is 24.2 Å². The lowest BCUT2D eigenvalue weighted by Crippen LogP contribution is -1.95. The van der Waals surface area contributed by atoms with Gasteiger partial charge in [-0.2, -0.15) is 0 Å². The van der Waals surface area contributed by atoms with Crippen LogP contribution in [0.3, 0.4) is 0 Å². The molecular weight excluding hydrogens is 284 g/mol. The number of carbonyl (C=O) groups is 2. The van der Waals surface area contributed by atoms with Gasteiger partial charge < -0.3 is 21.7 Å². The van der Waals surface area contributed by atoms with Crippen molar-refractivity contribution in [3.05, 3.63) is 23.0 Å². The Balaban J connectivity index is 0. The topological polar surface area (TPSA) is 144 Å². The highest BCUT2D eigenvalue weighted by atomic mass is 32.1. The van der Waals surface area contributed by atoms with Crippen LogP contribution in [0.2, 0.25) is 0 Å². The molecule has 0 saturated carbocycles. The fourth-order valence-corrected chi connectivity index (χ4v) is 1.85. The molecule has 2 heterocycles. The summed E-state index contributed by atoms with van der Waals surface area (Å²) in [6.07, 6.45) is 1.53. The highest BCUT2D eigenvalue weighted by Crippen LogP contribution is 2.15. The van der Waals surface area contributed by atoms with Gasteiger partial charge in [-0.05, 0) is 21.0 Å². The second-order valence-corrected chi connectivity index (χ2v) is 3.82. The molecule has 0 aliphatic heterocycles. The molecule has 0 aliphatic carbocycles. The van der Waals surface area contributed by atoms with Crippen LogP contribution in [-0.4, -0.2) is 45.6 Å². The fourth-order valence-electron chi connectivity index (χ4n) is 0.997. The minimum absolute atomic E-state index is 0.102. The maximum absolute atomic E-state index is 10.5. The molecule has 0 atom stereocenters. The standard InChI is InChI=1S/C7H6N2O2S.C2H4O2.2CH5N/c1-4-3-12-7-8-5(6(10)11)2-9(4)7;1-2(3)4;2*1-2/h2-3H,1H3,(H,10,11);1H3,(H,3,4);2*2H2,1H3. The number of hydrogen-bond donors (Lipinski definition) is 4. The third-order valence-electron chi connectivity index (χ3n) is 1.61. The molecule has 114 valence electrons. The summed E-state index contributed by atoms with van der Waals surface area (Å²) in [4.78, 5) is 24.2. The Labute approximate surface area is 120 Å². The molecular formula is C11H20N4O4S. The largest absolute Gasteiger partial charge is 0.481 e. The first-order valence-electron chi connectivity index (χ1n) is 5.43. The number of aromatic carboxylic acids is 1. The summed E-state index contributed by atoms with van der Waals surface area (Å²) in [5.74, 6) is -1.81. The summed E-state index contributed by atoms with van der Waals surface area (Å²) in [6, 6.07) is 0. The van der Waals surface area contributed by atoms with E-state index in [0.717, 1.165) is 17.6 Å². The fraction of sp³-hybridized carbons (Fsp3) is 0.364. The van der Waals surface area contributed by atoms with Crippen molar-refractivity contribution in [1.82, 2.24) is 9.38 Å². The maximum Gasteiger partial charge on any atom is 0.356 e. The van der Waals surface area contributed by atoms with Crippen LogP contribution in [0, 0.1) is 6.92 Å². The van der Waals surface area contributed by atoms with Crippen molar-refractivity contribution in [2.45, 2.75) is 13.8 Å². The first-order valence-corrected chi connectivity index (χ1v) is 6.31. The number of nitrogens with two attached hydrogens (primary N) is 2. The predicted octanol–water partition coefficient (Wildman–Crippen LogP) is 0.643. The average molecular weight is 304 g/mol. The summed E-state index contributed by atoms with van der Waals surface area (Å²) in [5, 5.41) is 18.0. The Morgan fingerprint density at radius 1 is 1.25 bits per heavy atom. The van der Waals surface area contributed by atoms with Crippen LogP contribution in [-0.2, 0) is 4.79 Å². The first-order chi connectivity index (χ1) is 9.41. The van der Waals surface area contributed by atoms with Gasteiger partial charge in [-0.25, -0.2) is 9.78 Å². The summed E-state index contributed by atoms with van der Waals surface area (Å²) in [5.41, 5.74) is 10.1. The molecule has 0 spiro atoms. The van der Waals surface area contributed by atoms with Crippen molar-refractivity contribution in [3.63, 3.8) is 0 Å². The average Bonchev–Trinajstić information content (AvgIpc) is 2.97. The minimum Gasteiger partial charge on any atom is -0.481 e. The number of aryl methyl sites for hydroxylation is 1. The Kier molecular flexibility index (Phi) is 11.1. The van der Waals surface area contributed by atoms with Gasteiger partial charge in [-0.3, -0.25) is 9.20 Å². The van der Waals surface area contributed by atoms with Crippen LogP contribution in [0.4, 0.5) is 0 Å². The molecule has 0 aliphatic rings. The molecule has 0 unspecified atom stereocenters. The maximum atomic E-state index is 10.5. The van der Waals surface area contributed by atoms with Crippen LogP contribution in [0.15, 0.2) is 11.6 Å². The number of thiazole rings is 1. The highest BCUT2D eigenvalue weighted by molar-refractivity contribution is 7.15. The third kappa shape index (κ3) is 6.83. The zero-order chi connectivity index (χ0) is 16.3. The second kappa shape index (κ2) is 10.9. The Hall–Kier alpha value is -1.97. The van der Waals surface area contributed by atoms with Crippen molar-refractivity contribution in [3.8, 4) is 0 Å². The Morgan fingerprint density at radius 2 is 1.70 bits per heavy atom. The van der Waals surface area contributed by atoms with E-state index in [1.54, 1.807) is 4.40 Å². The zero-order valence-corrected chi connectivity index (χ0v) is 12.6. The van der Waals surface area contributed by atoms with E-state index < -0.39 is 11.9 Å². The van der Waals surface area contributed by atoms with E-state index >= 15 is 0 Å². The van der Waals surface area contributed by atoms with Gasteiger partial charge in [0.2, 0.25) is 0 Å². The Morgan fingerprint density at radius 3 is 2.05 bits per heavy atom. The van der Waals surface area contributed by atoms with E-state index in [-0.39, 0.29) is 5.69 Å². The molecule has 8 nitrogen and oxygen atoms in total. The van der Waals surface area contributed by atoms with Gasteiger partial charge in [-0.15, -0.1) is 11.3 Å². The van der Waals surface area contributed by atoms with Crippen LogP contribution in [0.25, 0.3) is 4.96 Å². The molecule has 20 heavy (non-hydrogen) atoms. The minimum atomic E-state index is -0.981. The monoisotopic (exact) mass is 304 g/mol. The van der Waals surface area contributed by atoms with Crippen molar-refractivity contribution >= 4 is 28.2 Å². The normalized spacial score (nSPS) is 8.30. The Bertz CT molecular complexity index is 531. The summed E-state index contributed by atoms with van der Waals surface area (Å²) < 4.78 is 1.77. The van der Waals surface area contributed by atoms with Gasteiger partial charge in [0.1, 0.15) is 0 Å². The molecule has 9 heteroatoms. The number of fused-ring (bicyclic) bond motifs is 1. The van der Waals surface area contributed by atoms with Crippen LogP contribution >= 0.6 is 11.3 Å². The van der Waals surface area contributed by atoms with Crippen LogP contribution < -0.4 is 11.5 Å². The number of nitrogens with zero attached hydrogens (tertiary/aromatic N) is 2. The number of rotatable bonds is 1. The van der Waals surface area contributed by atoms with E-state index in [0.29, 0.717) is 0 Å². The molecule has 2 rings (SSSR count). The van der Waals surface area contributed by atoms with E-state index in [1.807, 2.05) is 12.3 Å². The van der Waals surface area contributed by atoms with Crippen LogP contribution in [0.5, 0.6) is 0 Å². The van der Waals surface area contributed by atoms with E-state index in [2.05, 4.69) is 16.5 Å². The quantitative estimate of drug-likeness (QED) is 0.605. The third-order valence-corrected chi connectivity index (χ3v) is 2.57. The van der Waals surface area contributed by atoms with Crippen molar-refractivity contribution in [2.24, 2.45) is 11.5 Å². The van der Waals surface area contributed by atoms with Gasteiger partial charge >= 0.3 is 5.97 Å². The van der Waals surface area contributed by atoms with Crippen molar-refractivity contribution in [2.75, 3.05) is 14.1 Å². The molecule has 0 amide bonds. The number of carboxylic acid groups (broad SMARTS) is 2. The predicted molar refractivity (Wildman–Crippen MR) is 78.3 cm³/mol. The van der Waals surface area contributed by atoms with Gasteiger partial charge in [0.25, 0.3) is 5.97 Å². The molecule has 0 aromatic carbocycles. The summed E-state index contributed by atoms with van der Waals surface area (Å²) >= 11 is 1.44. The van der Waals surface area contributed by atoms with Crippen LogP contribution in [0.1, 0.15) is 23.1 Å². The molecule has 2 aromatic rings. The molecule has 0 radical (unpaired) electrons. The van der Waals surface area contributed by atoms with E-state index in [1.165, 1.54) is 31.6 Å². The van der Waals surface area contributed by atoms with Gasteiger partial charge in [0.15, 0.2) is 10.7 Å². The first kappa shape index (κ1) is 20.3. The van der Waals surface area contributed by atoms with E-state index in [9.17, 15) is 4.79 Å². The lowest BCUT2D eigenvalue weighted by atomic mass is 10.5. The lowest BCUT2D eigenvalue weighted by Gasteiger charge is -1.84. The van der Waals surface area contributed by atoms with Gasteiger partial charge in [-0.1, -0.05) is 0 Å². The second-order valence-electron chi connectivity index (χ2n) is 2.98. The number of aliphatic carboxylic acids is 1. The molecule has 6 N–H and O–H groups in total. The molecule has 2 aromatic heterocycles. The van der Waals surface area contributed by atoms with Crippen molar-refractivity contribution < 1.29 is 19.8 Å². The number of aromatic nitrogens is 2. The SMILES string of the molecule is CC(=O)O.CN.CN.Cc1csc2nc(C(=O)O)cn12. The molecule has 0 fully saturated rings. The zero-order valence-electron chi connectivity index (χ0n) is 11.8. The van der Waals surface area contributed by atoms with E-state index in [4.69, 9.17) is 15.0 Å². The van der Waals surface area contributed by atoms with Gasteiger partial charge in [0.05, 0.1) is 0 Å². The lowest BCUT2D eigenvalue weighted by molar-refractivity contribution is -0.134. The molecule has 0 bridgehead atoms. The van der Waals surface area contributed by atoms with Crippen molar-refractivity contribution in [1.29, 1.82) is 0 Å².